The fourth-order valence-electron chi connectivity index (χ4n) is 3.88. The monoisotopic (exact) mass is 516 g/mol. The molecule has 1 N–H and O–H groups in total. The number of nitrogens with one attached hydrogen (secondary N) is 1. The first kappa shape index (κ1) is 23.8. The summed E-state index contributed by atoms with van der Waals surface area (Å²) in [5.41, 5.74) is 3.65. The van der Waals surface area contributed by atoms with Gasteiger partial charge in [0.05, 0.1) is 28.7 Å². The van der Waals surface area contributed by atoms with Gasteiger partial charge in [0, 0.05) is 27.6 Å². The summed E-state index contributed by atoms with van der Waals surface area (Å²) in [7, 11) is 1.64. The molecule has 0 radical (unpaired) electrons. The molecule has 36 heavy (non-hydrogen) atoms. The van der Waals surface area contributed by atoms with Crippen LogP contribution in [0.3, 0.4) is 0 Å². The molecule has 0 aliphatic carbocycles. The summed E-state index contributed by atoms with van der Waals surface area (Å²) in [6, 6.07) is 29.6. The maximum atomic E-state index is 11.1. The number of halogens is 1. The molecular weight excluding hydrogens is 496 g/mol. The van der Waals surface area contributed by atoms with Crippen molar-refractivity contribution in [2.45, 2.75) is 10.1 Å². The summed E-state index contributed by atoms with van der Waals surface area (Å²) in [6.07, 6.45) is 0. The molecule has 1 unspecified atom stereocenters. The molecular formula is C28H21ClN2O4S. The van der Waals surface area contributed by atoms with Crippen LogP contribution in [0.5, 0.6) is 11.5 Å². The first-order valence-corrected chi connectivity index (χ1v) is 12.4. The quantitative estimate of drug-likeness (QED) is 0.207. The zero-order chi connectivity index (χ0) is 25.1. The van der Waals surface area contributed by atoms with Gasteiger partial charge in [0.25, 0.3) is 5.69 Å². The predicted octanol–water partition coefficient (Wildman–Crippen LogP) is 7.96. The highest BCUT2D eigenvalue weighted by Crippen LogP contribution is 2.49. The third-order valence-electron chi connectivity index (χ3n) is 5.70. The standard InChI is InChI=1S/C28H21ClN2O4S/c1-34-22-14-8-19(9-15-22)28-27(35-23-16-12-21(13-17-23)31(32)33)26(18-6-10-20(29)11-7-18)30-24-4-2-3-5-25(24)36-28/h2-17,28,30H,1H3. The highest BCUT2D eigenvalue weighted by atomic mass is 35.5. The minimum absolute atomic E-state index is 0.00160. The second-order valence-electron chi connectivity index (χ2n) is 7.99. The van der Waals surface area contributed by atoms with Gasteiger partial charge < -0.3 is 14.8 Å². The SMILES string of the molecule is COc1ccc(C2Sc3ccccc3NC(c3ccc(Cl)cc3)=C2Oc2ccc([N+](=O)[O-])cc2)cc1. The summed E-state index contributed by atoms with van der Waals surface area (Å²) < 4.78 is 11.9. The molecule has 4 aromatic carbocycles. The van der Waals surface area contributed by atoms with Crippen molar-refractivity contribution >= 4 is 40.4 Å². The van der Waals surface area contributed by atoms with Crippen molar-refractivity contribution in [3.05, 3.63) is 129 Å². The zero-order valence-electron chi connectivity index (χ0n) is 19.2. The van der Waals surface area contributed by atoms with Crippen molar-refractivity contribution in [3.8, 4) is 11.5 Å². The van der Waals surface area contributed by atoms with Crippen LogP contribution in [-0.4, -0.2) is 12.0 Å². The Morgan fingerprint density at radius 2 is 1.56 bits per heavy atom. The molecule has 5 rings (SSSR count). The molecule has 4 aromatic rings. The molecule has 0 amide bonds. The number of nitro groups is 1. The van der Waals surface area contributed by atoms with E-state index >= 15 is 0 Å². The van der Waals surface area contributed by atoms with Gasteiger partial charge in [-0.3, -0.25) is 10.1 Å². The van der Waals surface area contributed by atoms with Gasteiger partial charge in [0.15, 0.2) is 0 Å². The van der Waals surface area contributed by atoms with Crippen LogP contribution in [0, 0.1) is 10.1 Å². The first-order chi connectivity index (χ1) is 17.5. The lowest BCUT2D eigenvalue weighted by Crippen LogP contribution is -2.11. The summed E-state index contributed by atoms with van der Waals surface area (Å²) in [5, 5.41) is 15.1. The zero-order valence-corrected chi connectivity index (χ0v) is 20.8. The Labute approximate surface area is 217 Å². The summed E-state index contributed by atoms with van der Waals surface area (Å²) in [6.45, 7) is 0. The number of fused-ring (bicyclic) bond motifs is 1. The van der Waals surface area contributed by atoms with E-state index in [0.29, 0.717) is 16.5 Å². The number of rotatable bonds is 6. The van der Waals surface area contributed by atoms with Crippen molar-refractivity contribution < 1.29 is 14.4 Å². The Bertz CT molecular complexity index is 1420. The number of ether oxygens (including phenoxy) is 2. The van der Waals surface area contributed by atoms with Crippen LogP contribution < -0.4 is 14.8 Å². The van der Waals surface area contributed by atoms with Crippen LogP contribution in [0.1, 0.15) is 16.4 Å². The van der Waals surface area contributed by atoms with Gasteiger partial charge in [-0.15, -0.1) is 11.8 Å². The van der Waals surface area contributed by atoms with Crippen molar-refractivity contribution in [3.63, 3.8) is 0 Å². The average Bonchev–Trinajstić information content (AvgIpc) is 3.07. The molecule has 1 aliphatic heterocycles. The van der Waals surface area contributed by atoms with E-state index < -0.39 is 4.92 Å². The number of para-hydroxylation sites is 1. The Kier molecular flexibility index (Phi) is 6.84. The van der Waals surface area contributed by atoms with E-state index in [9.17, 15) is 10.1 Å². The predicted molar refractivity (Wildman–Crippen MR) is 144 cm³/mol. The smallest absolute Gasteiger partial charge is 0.269 e. The van der Waals surface area contributed by atoms with Crippen molar-refractivity contribution in [1.82, 2.24) is 0 Å². The van der Waals surface area contributed by atoms with E-state index in [4.69, 9.17) is 21.1 Å². The van der Waals surface area contributed by atoms with Gasteiger partial charge >= 0.3 is 0 Å². The van der Waals surface area contributed by atoms with Crippen molar-refractivity contribution in [2.75, 3.05) is 12.4 Å². The molecule has 1 heterocycles. The maximum Gasteiger partial charge on any atom is 0.269 e. The largest absolute Gasteiger partial charge is 0.497 e. The molecule has 0 bridgehead atoms. The fourth-order valence-corrected chi connectivity index (χ4v) is 5.23. The molecule has 180 valence electrons. The van der Waals surface area contributed by atoms with Crippen LogP contribution in [-0.2, 0) is 0 Å². The number of nitrogens with zero attached hydrogens (tertiary/aromatic N) is 1. The Balaban J connectivity index is 1.69. The third kappa shape index (κ3) is 5.03. The van der Waals surface area contributed by atoms with Crippen LogP contribution in [0.15, 0.2) is 108 Å². The van der Waals surface area contributed by atoms with Crippen LogP contribution in [0.4, 0.5) is 11.4 Å². The number of thioether (sulfide) groups is 1. The number of hydrogen-bond acceptors (Lipinski definition) is 6. The van der Waals surface area contributed by atoms with E-state index in [2.05, 4.69) is 11.4 Å². The number of anilines is 1. The first-order valence-electron chi connectivity index (χ1n) is 11.1. The molecule has 0 fully saturated rings. The fraction of sp³-hybridized carbons (Fsp3) is 0.0714. The Morgan fingerprint density at radius 1 is 0.889 bits per heavy atom. The van der Waals surface area contributed by atoms with Gasteiger partial charge in [0.2, 0.25) is 0 Å². The normalized spacial score (nSPS) is 14.9. The Hall–Kier alpha value is -3.94. The van der Waals surface area contributed by atoms with Crippen LogP contribution in [0.2, 0.25) is 5.02 Å². The summed E-state index contributed by atoms with van der Waals surface area (Å²) in [4.78, 5) is 11.8. The lowest BCUT2D eigenvalue weighted by molar-refractivity contribution is -0.384. The van der Waals surface area contributed by atoms with Crippen LogP contribution in [0.25, 0.3) is 5.70 Å². The second kappa shape index (κ2) is 10.4. The molecule has 0 saturated carbocycles. The minimum atomic E-state index is -0.429. The molecule has 6 nitrogen and oxygen atoms in total. The van der Waals surface area contributed by atoms with E-state index in [-0.39, 0.29) is 10.9 Å². The topological polar surface area (TPSA) is 73.6 Å². The van der Waals surface area contributed by atoms with Gasteiger partial charge in [0.1, 0.15) is 17.3 Å². The maximum absolute atomic E-state index is 11.1. The van der Waals surface area contributed by atoms with E-state index in [1.165, 1.54) is 12.1 Å². The molecule has 8 heteroatoms. The Morgan fingerprint density at radius 3 is 2.22 bits per heavy atom. The number of methoxy groups -OCH3 is 1. The number of hydrogen-bond donors (Lipinski definition) is 1. The van der Waals surface area contributed by atoms with E-state index in [1.54, 1.807) is 31.0 Å². The molecule has 0 aromatic heterocycles. The summed E-state index contributed by atoms with van der Waals surface area (Å²) in [5.74, 6) is 1.92. The lowest BCUT2D eigenvalue weighted by atomic mass is 10.0. The third-order valence-corrected chi connectivity index (χ3v) is 7.29. The molecule has 1 atom stereocenters. The summed E-state index contributed by atoms with van der Waals surface area (Å²) >= 11 is 7.85. The lowest BCUT2D eigenvalue weighted by Gasteiger charge is -2.22. The van der Waals surface area contributed by atoms with Gasteiger partial charge in [-0.25, -0.2) is 0 Å². The number of non-ortho nitro benzene ring substituents is 1. The highest BCUT2D eigenvalue weighted by Gasteiger charge is 2.30. The van der Waals surface area contributed by atoms with E-state index in [1.807, 2.05) is 66.7 Å². The second-order valence-corrected chi connectivity index (χ2v) is 9.57. The van der Waals surface area contributed by atoms with Crippen LogP contribution >= 0.6 is 23.4 Å². The molecule has 0 spiro atoms. The van der Waals surface area contributed by atoms with Crippen molar-refractivity contribution in [1.29, 1.82) is 0 Å². The molecule has 0 saturated heterocycles. The molecule has 1 aliphatic rings. The van der Waals surface area contributed by atoms with E-state index in [0.717, 1.165) is 33.2 Å². The van der Waals surface area contributed by atoms with Gasteiger partial charge in [-0.1, -0.05) is 48.0 Å². The number of benzene rings is 4. The average molecular weight is 517 g/mol. The van der Waals surface area contributed by atoms with Gasteiger partial charge in [-0.05, 0) is 54.1 Å². The van der Waals surface area contributed by atoms with Crippen molar-refractivity contribution in [2.24, 2.45) is 0 Å². The highest BCUT2D eigenvalue weighted by molar-refractivity contribution is 8.00. The van der Waals surface area contributed by atoms with Gasteiger partial charge in [-0.2, -0.15) is 0 Å². The minimum Gasteiger partial charge on any atom is -0.497 e. The number of nitro benzene ring substituents is 1.